The Bertz CT molecular complexity index is 432. The van der Waals surface area contributed by atoms with Gasteiger partial charge in [0, 0.05) is 16.7 Å². The molecule has 0 radical (unpaired) electrons. The molecule has 3 aliphatic heterocycles. The zero-order valence-corrected chi connectivity index (χ0v) is 12.0. The highest BCUT2D eigenvalue weighted by atomic mass is 79.9. The van der Waals surface area contributed by atoms with Crippen molar-refractivity contribution in [1.29, 1.82) is 0 Å². The maximum atomic E-state index is 9.91. The average molecular weight is 311 g/mol. The molecular formula is C14H19BrN2O. The number of para-hydroxylation sites is 1. The summed E-state index contributed by atoms with van der Waals surface area (Å²) in [6.07, 6.45) is 2.38. The van der Waals surface area contributed by atoms with Crippen LogP contribution in [0.2, 0.25) is 0 Å². The minimum atomic E-state index is -0.166. The third-order valence-corrected chi connectivity index (χ3v) is 5.11. The lowest BCUT2D eigenvalue weighted by Gasteiger charge is -2.53. The quantitative estimate of drug-likeness (QED) is 0.899. The minimum absolute atomic E-state index is 0.166. The SMILES string of the molecule is OCC1(Nc2ccccc2Br)CN2CCC1CC2. The van der Waals surface area contributed by atoms with Crippen LogP contribution in [0.3, 0.4) is 0 Å². The van der Waals surface area contributed by atoms with E-state index >= 15 is 0 Å². The van der Waals surface area contributed by atoms with Gasteiger partial charge in [-0.25, -0.2) is 0 Å². The number of halogens is 1. The third-order valence-electron chi connectivity index (χ3n) is 4.41. The maximum Gasteiger partial charge on any atom is 0.0759 e. The van der Waals surface area contributed by atoms with Gasteiger partial charge in [-0.1, -0.05) is 12.1 Å². The lowest BCUT2D eigenvalue weighted by molar-refractivity contribution is 0.00914. The van der Waals surface area contributed by atoms with Gasteiger partial charge in [0.2, 0.25) is 0 Å². The van der Waals surface area contributed by atoms with Crippen LogP contribution in [0.1, 0.15) is 12.8 Å². The smallest absolute Gasteiger partial charge is 0.0759 e. The standard InChI is InChI=1S/C14H19BrN2O/c15-12-3-1-2-4-13(12)16-14(10-18)9-17-7-5-11(14)6-8-17/h1-4,11,16,18H,5-10H2. The molecule has 2 bridgehead atoms. The van der Waals surface area contributed by atoms with E-state index in [1.54, 1.807) is 0 Å². The second-order valence-corrected chi connectivity index (χ2v) is 6.32. The van der Waals surface area contributed by atoms with Crippen molar-refractivity contribution in [2.24, 2.45) is 5.92 Å². The molecule has 1 aromatic rings. The Morgan fingerprint density at radius 2 is 2.06 bits per heavy atom. The zero-order chi connectivity index (χ0) is 12.6. The molecule has 3 heterocycles. The number of hydrogen-bond donors (Lipinski definition) is 2. The molecule has 98 valence electrons. The van der Waals surface area contributed by atoms with E-state index in [2.05, 4.69) is 32.2 Å². The summed E-state index contributed by atoms with van der Waals surface area (Å²) in [4.78, 5) is 2.46. The third kappa shape index (κ3) is 2.06. The molecule has 0 aromatic heterocycles. The van der Waals surface area contributed by atoms with Crippen LogP contribution >= 0.6 is 15.9 Å². The van der Waals surface area contributed by atoms with E-state index in [4.69, 9.17) is 0 Å². The molecule has 0 saturated carbocycles. The van der Waals surface area contributed by atoms with E-state index < -0.39 is 0 Å². The molecule has 3 saturated heterocycles. The Morgan fingerprint density at radius 1 is 1.33 bits per heavy atom. The number of fused-ring (bicyclic) bond motifs is 3. The van der Waals surface area contributed by atoms with Crippen molar-refractivity contribution in [2.45, 2.75) is 18.4 Å². The minimum Gasteiger partial charge on any atom is -0.394 e. The second-order valence-electron chi connectivity index (χ2n) is 5.47. The molecule has 3 nitrogen and oxygen atoms in total. The van der Waals surface area contributed by atoms with Crippen molar-refractivity contribution >= 4 is 21.6 Å². The number of aliphatic hydroxyl groups excluding tert-OH is 1. The fourth-order valence-corrected chi connectivity index (χ4v) is 3.75. The fourth-order valence-electron chi connectivity index (χ4n) is 3.36. The number of rotatable bonds is 3. The number of aliphatic hydroxyl groups is 1. The van der Waals surface area contributed by atoms with Crippen molar-refractivity contribution < 1.29 is 5.11 Å². The molecule has 18 heavy (non-hydrogen) atoms. The second kappa shape index (κ2) is 4.83. The topological polar surface area (TPSA) is 35.5 Å². The van der Waals surface area contributed by atoms with E-state index in [1.165, 1.54) is 25.9 Å². The summed E-state index contributed by atoms with van der Waals surface area (Å²) in [5.74, 6) is 0.583. The van der Waals surface area contributed by atoms with Crippen LogP contribution in [0, 0.1) is 5.92 Å². The molecule has 1 aromatic carbocycles. The predicted octanol–water partition coefficient (Wildman–Crippen LogP) is 2.32. The number of piperidine rings is 3. The van der Waals surface area contributed by atoms with Gasteiger partial charge in [0.05, 0.1) is 12.1 Å². The van der Waals surface area contributed by atoms with Crippen molar-refractivity contribution in [1.82, 2.24) is 4.90 Å². The number of nitrogens with one attached hydrogen (secondary N) is 1. The molecule has 4 heteroatoms. The first-order valence-corrected chi connectivity index (χ1v) is 7.39. The Balaban J connectivity index is 1.87. The van der Waals surface area contributed by atoms with Gasteiger partial charge in [0.15, 0.2) is 0 Å². The van der Waals surface area contributed by atoms with Gasteiger partial charge in [0.25, 0.3) is 0 Å². The van der Waals surface area contributed by atoms with Crippen LogP contribution in [-0.4, -0.2) is 41.8 Å². The Labute approximate surface area is 116 Å². The molecular weight excluding hydrogens is 292 g/mol. The van der Waals surface area contributed by atoms with Crippen LogP contribution in [0.25, 0.3) is 0 Å². The highest BCUT2D eigenvalue weighted by Gasteiger charge is 2.46. The van der Waals surface area contributed by atoms with Crippen molar-refractivity contribution in [3.8, 4) is 0 Å². The highest BCUT2D eigenvalue weighted by Crippen LogP contribution is 2.38. The molecule has 3 aliphatic rings. The Hall–Kier alpha value is -0.580. The van der Waals surface area contributed by atoms with Crippen LogP contribution in [0.4, 0.5) is 5.69 Å². The van der Waals surface area contributed by atoms with Gasteiger partial charge in [-0.2, -0.15) is 0 Å². The van der Waals surface area contributed by atoms with Gasteiger partial charge >= 0.3 is 0 Å². The number of anilines is 1. The first-order valence-electron chi connectivity index (χ1n) is 6.59. The van der Waals surface area contributed by atoms with E-state index in [0.29, 0.717) is 5.92 Å². The van der Waals surface area contributed by atoms with Crippen molar-refractivity contribution in [2.75, 3.05) is 31.6 Å². The molecule has 2 N–H and O–H groups in total. The van der Waals surface area contributed by atoms with E-state index in [9.17, 15) is 5.11 Å². The average Bonchev–Trinajstić information content (AvgIpc) is 2.43. The van der Waals surface area contributed by atoms with Crippen LogP contribution < -0.4 is 5.32 Å². The first kappa shape index (κ1) is 12.5. The number of benzene rings is 1. The summed E-state index contributed by atoms with van der Waals surface area (Å²) in [6.45, 7) is 3.53. The Kier molecular flexibility index (Phi) is 3.34. The van der Waals surface area contributed by atoms with Crippen molar-refractivity contribution in [3.63, 3.8) is 0 Å². The van der Waals surface area contributed by atoms with Gasteiger partial charge in [-0.3, -0.25) is 0 Å². The van der Waals surface area contributed by atoms with Gasteiger partial charge in [-0.15, -0.1) is 0 Å². The number of hydrogen-bond acceptors (Lipinski definition) is 3. The van der Waals surface area contributed by atoms with Gasteiger partial charge in [-0.05, 0) is 59.9 Å². The van der Waals surface area contributed by atoms with E-state index in [-0.39, 0.29) is 12.1 Å². The van der Waals surface area contributed by atoms with Gasteiger partial charge < -0.3 is 15.3 Å². The lowest BCUT2D eigenvalue weighted by Crippen LogP contribution is -2.64. The summed E-state index contributed by atoms with van der Waals surface area (Å²) >= 11 is 3.57. The zero-order valence-electron chi connectivity index (χ0n) is 10.4. The van der Waals surface area contributed by atoms with Crippen LogP contribution in [0.15, 0.2) is 28.7 Å². The molecule has 0 amide bonds. The summed E-state index contributed by atoms with van der Waals surface area (Å²) in [6, 6.07) is 8.14. The maximum absolute atomic E-state index is 9.91. The van der Waals surface area contributed by atoms with E-state index in [1.807, 2.05) is 18.2 Å². The molecule has 0 aliphatic carbocycles. The summed E-state index contributed by atoms with van der Waals surface area (Å²) in [5.41, 5.74) is 0.917. The van der Waals surface area contributed by atoms with E-state index in [0.717, 1.165) is 16.7 Å². The van der Waals surface area contributed by atoms with Crippen LogP contribution in [-0.2, 0) is 0 Å². The van der Waals surface area contributed by atoms with Gasteiger partial charge in [0.1, 0.15) is 0 Å². The fraction of sp³-hybridized carbons (Fsp3) is 0.571. The molecule has 0 spiro atoms. The monoisotopic (exact) mass is 310 g/mol. The summed E-state index contributed by atoms with van der Waals surface area (Å²) in [5, 5.41) is 13.5. The highest BCUT2D eigenvalue weighted by molar-refractivity contribution is 9.10. The molecule has 1 atom stereocenters. The lowest BCUT2D eigenvalue weighted by atomic mass is 9.73. The molecule has 4 rings (SSSR count). The normalized spacial score (nSPS) is 34.6. The first-order chi connectivity index (χ1) is 8.73. The summed E-state index contributed by atoms with van der Waals surface area (Å²) < 4.78 is 1.06. The van der Waals surface area contributed by atoms with Crippen LogP contribution in [0.5, 0.6) is 0 Å². The molecule has 1 unspecified atom stereocenters. The summed E-state index contributed by atoms with van der Waals surface area (Å²) in [7, 11) is 0. The Morgan fingerprint density at radius 3 is 2.61 bits per heavy atom. The predicted molar refractivity (Wildman–Crippen MR) is 76.7 cm³/mol. The molecule has 3 fully saturated rings. The largest absolute Gasteiger partial charge is 0.394 e. The number of nitrogens with zero attached hydrogens (tertiary/aromatic N) is 1. The van der Waals surface area contributed by atoms with Crippen molar-refractivity contribution in [3.05, 3.63) is 28.7 Å².